The zero-order valence-corrected chi connectivity index (χ0v) is 19.7. The number of amides is 1. The van der Waals surface area contributed by atoms with Crippen LogP contribution in [-0.4, -0.2) is 64.1 Å². The van der Waals surface area contributed by atoms with Crippen LogP contribution in [0.15, 0.2) is 41.7 Å². The molecule has 2 heterocycles. The Morgan fingerprint density at radius 1 is 1.09 bits per heavy atom. The van der Waals surface area contributed by atoms with Crippen LogP contribution in [0.4, 0.5) is 11.5 Å². The minimum absolute atomic E-state index is 0.0299. The van der Waals surface area contributed by atoms with Gasteiger partial charge in [-0.1, -0.05) is 30.0 Å². The summed E-state index contributed by atoms with van der Waals surface area (Å²) in [5, 5.41) is -0.545. The monoisotopic (exact) mass is 488 g/mol. The number of nitrogens with zero attached hydrogens (tertiary/aromatic N) is 4. The van der Waals surface area contributed by atoms with E-state index >= 15 is 0 Å². The molecular weight excluding hydrogens is 464 g/mol. The summed E-state index contributed by atoms with van der Waals surface area (Å²) < 4.78 is 16.1. The SMILES string of the molecule is CCOC(=O)Cn1cnc(N=C2S[C@@H](CC(=O)OC)C(=O)N2c2ccccc2)c1C(=O)OCC. The van der Waals surface area contributed by atoms with Gasteiger partial charge in [-0.2, -0.15) is 0 Å². The van der Waals surface area contributed by atoms with Crippen molar-refractivity contribution in [2.75, 3.05) is 25.2 Å². The molecule has 0 radical (unpaired) electrons. The molecule has 1 aliphatic rings. The lowest BCUT2D eigenvalue weighted by molar-refractivity contribution is -0.144. The molecule has 0 spiro atoms. The van der Waals surface area contributed by atoms with E-state index in [2.05, 4.69) is 9.98 Å². The van der Waals surface area contributed by atoms with Gasteiger partial charge in [0.2, 0.25) is 5.91 Å². The normalized spacial score (nSPS) is 16.6. The van der Waals surface area contributed by atoms with Crippen LogP contribution >= 0.6 is 11.8 Å². The van der Waals surface area contributed by atoms with Crippen LogP contribution in [0.25, 0.3) is 0 Å². The summed E-state index contributed by atoms with van der Waals surface area (Å²) in [5.74, 6) is -2.21. The number of carbonyl (C=O) groups is 4. The van der Waals surface area contributed by atoms with Crippen molar-refractivity contribution in [2.45, 2.75) is 32.1 Å². The fraction of sp³-hybridized carbons (Fsp3) is 0.364. The highest BCUT2D eigenvalue weighted by molar-refractivity contribution is 8.16. The summed E-state index contributed by atoms with van der Waals surface area (Å²) in [4.78, 5) is 59.6. The van der Waals surface area contributed by atoms with E-state index in [1.807, 2.05) is 0 Å². The lowest BCUT2D eigenvalue weighted by Gasteiger charge is -2.16. The molecule has 0 N–H and O–H groups in total. The van der Waals surface area contributed by atoms with Crippen LogP contribution in [0.1, 0.15) is 30.8 Å². The van der Waals surface area contributed by atoms with E-state index in [0.29, 0.717) is 5.69 Å². The van der Waals surface area contributed by atoms with E-state index in [-0.39, 0.29) is 48.8 Å². The van der Waals surface area contributed by atoms with Crippen molar-refractivity contribution in [3.8, 4) is 0 Å². The third-order valence-corrected chi connectivity index (χ3v) is 5.76. The molecular formula is C22H24N4O7S. The Morgan fingerprint density at radius 3 is 2.44 bits per heavy atom. The van der Waals surface area contributed by atoms with Gasteiger partial charge in [-0.15, -0.1) is 0 Å². The lowest BCUT2D eigenvalue weighted by atomic mass is 10.2. The molecule has 3 rings (SSSR count). The topological polar surface area (TPSA) is 129 Å². The number of methoxy groups -OCH3 is 1. The Morgan fingerprint density at radius 2 is 1.79 bits per heavy atom. The molecule has 180 valence electrons. The predicted octanol–water partition coefficient (Wildman–Crippen LogP) is 2.32. The van der Waals surface area contributed by atoms with Crippen molar-refractivity contribution in [1.82, 2.24) is 9.55 Å². The fourth-order valence-electron chi connectivity index (χ4n) is 3.14. The fourth-order valence-corrected chi connectivity index (χ4v) is 4.26. The number of benzene rings is 1. The largest absolute Gasteiger partial charge is 0.469 e. The predicted molar refractivity (Wildman–Crippen MR) is 124 cm³/mol. The summed E-state index contributed by atoms with van der Waals surface area (Å²) in [6.45, 7) is 3.34. The molecule has 1 saturated heterocycles. The van der Waals surface area contributed by atoms with Crippen LogP contribution < -0.4 is 4.90 Å². The molecule has 34 heavy (non-hydrogen) atoms. The minimum Gasteiger partial charge on any atom is -0.469 e. The highest BCUT2D eigenvalue weighted by Gasteiger charge is 2.41. The van der Waals surface area contributed by atoms with Crippen molar-refractivity contribution < 1.29 is 33.4 Å². The number of carbonyl (C=O) groups excluding carboxylic acids is 4. The van der Waals surface area contributed by atoms with E-state index in [4.69, 9.17) is 14.2 Å². The number of imidazole rings is 1. The number of aliphatic imine (C=N–C) groups is 1. The van der Waals surface area contributed by atoms with E-state index < -0.39 is 23.2 Å². The van der Waals surface area contributed by atoms with Gasteiger partial charge in [-0.25, -0.2) is 14.8 Å². The van der Waals surface area contributed by atoms with Crippen molar-refractivity contribution in [1.29, 1.82) is 0 Å². The first kappa shape index (κ1) is 25.0. The standard InChI is InChI=1S/C22H24N4O7S/c1-4-32-17(28)12-25-13-23-19(18(25)21(30)33-5-2)24-22-26(14-9-7-6-8-10-14)20(29)15(34-22)11-16(27)31-3/h6-10,13,15H,4-5,11-12H2,1-3H3/t15-/m0/s1. The summed E-state index contributed by atoms with van der Waals surface area (Å²) in [6.07, 6.45) is 1.13. The first-order valence-electron chi connectivity index (χ1n) is 10.5. The quantitative estimate of drug-likeness (QED) is 0.386. The maximum atomic E-state index is 13.1. The number of aromatic nitrogens is 2. The van der Waals surface area contributed by atoms with E-state index in [0.717, 1.165) is 11.8 Å². The Kier molecular flexibility index (Phi) is 8.41. The van der Waals surface area contributed by atoms with E-state index in [9.17, 15) is 19.2 Å². The third-order valence-electron chi connectivity index (χ3n) is 4.62. The smallest absolute Gasteiger partial charge is 0.358 e. The van der Waals surface area contributed by atoms with Crippen molar-refractivity contribution in [3.63, 3.8) is 0 Å². The van der Waals surface area contributed by atoms with Gasteiger partial charge in [0, 0.05) is 0 Å². The maximum Gasteiger partial charge on any atom is 0.358 e. The number of hydrogen-bond acceptors (Lipinski definition) is 10. The van der Waals surface area contributed by atoms with Gasteiger partial charge in [-0.3, -0.25) is 19.3 Å². The number of amidine groups is 1. The van der Waals surface area contributed by atoms with Gasteiger partial charge < -0.3 is 18.8 Å². The number of hydrogen-bond donors (Lipinski definition) is 0. The number of rotatable bonds is 9. The highest BCUT2D eigenvalue weighted by Crippen LogP contribution is 2.35. The number of esters is 3. The molecule has 2 aromatic rings. The third kappa shape index (κ3) is 5.63. The summed E-state index contributed by atoms with van der Waals surface area (Å²) in [6, 6.07) is 8.77. The molecule has 1 aromatic heterocycles. The summed E-state index contributed by atoms with van der Waals surface area (Å²) in [7, 11) is 1.25. The molecule has 1 atom stereocenters. The Bertz CT molecular complexity index is 1100. The Balaban J connectivity index is 2.04. The first-order chi connectivity index (χ1) is 16.4. The second kappa shape index (κ2) is 11.5. The molecule has 0 aliphatic carbocycles. The molecule has 1 aromatic carbocycles. The van der Waals surface area contributed by atoms with E-state index in [1.54, 1.807) is 44.2 Å². The molecule has 11 nitrogen and oxygen atoms in total. The van der Waals surface area contributed by atoms with Gasteiger partial charge >= 0.3 is 17.9 Å². The number of para-hydroxylation sites is 1. The van der Waals surface area contributed by atoms with Gasteiger partial charge in [0.15, 0.2) is 16.7 Å². The molecule has 12 heteroatoms. The average Bonchev–Trinajstić information content (AvgIpc) is 3.34. The second-order valence-electron chi connectivity index (χ2n) is 6.86. The van der Waals surface area contributed by atoms with Gasteiger partial charge in [0.1, 0.15) is 11.8 Å². The number of ether oxygens (including phenoxy) is 3. The molecule has 0 unspecified atom stereocenters. The summed E-state index contributed by atoms with van der Waals surface area (Å²) in [5.41, 5.74) is 0.481. The second-order valence-corrected chi connectivity index (χ2v) is 8.03. The van der Waals surface area contributed by atoms with Gasteiger partial charge in [0.05, 0.1) is 38.8 Å². The zero-order valence-electron chi connectivity index (χ0n) is 18.9. The van der Waals surface area contributed by atoms with Crippen LogP contribution in [0.2, 0.25) is 0 Å². The highest BCUT2D eigenvalue weighted by atomic mass is 32.2. The lowest BCUT2D eigenvalue weighted by Crippen LogP contribution is -2.32. The van der Waals surface area contributed by atoms with Crippen molar-refractivity contribution in [2.24, 2.45) is 4.99 Å². The van der Waals surface area contributed by atoms with Crippen LogP contribution in [0.3, 0.4) is 0 Å². The number of thioether (sulfide) groups is 1. The molecule has 1 aliphatic heterocycles. The molecule has 1 fully saturated rings. The first-order valence-corrected chi connectivity index (χ1v) is 11.4. The Hall–Kier alpha value is -3.67. The summed E-state index contributed by atoms with van der Waals surface area (Å²) >= 11 is 1.06. The zero-order chi connectivity index (χ0) is 24.7. The van der Waals surface area contributed by atoms with E-state index in [1.165, 1.54) is 22.9 Å². The van der Waals surface area contributed by atoms with Crippen LogP contribution in [-0.2, 0) is 35.1 Å². The maximum absolute atomic E-state index is 13.1. The molecule has 1 amide bonds. The van der Waals surface area contributed by atoms with Crippen molar-refractivity contribution in [3.05, 3.63) is 42.4 Å². The van der Waals surface area contributed by atoms with Crippen LogP contribution in [0, 0.1) is 0 Å². The van der Waals surface area contributed by atoms with Crippen LogP contribution in [0.5, 0.6) is 0 Å². The van der Waals surface area contributed by atoms with Gasteiger partial charge in [-0.05, 0) is 26.0 Å². The Labute approximate surface area is 200 Å². The minimum atomic E-state index is -0.765. The van der Waals surface area contributed by atoms with Crippen molar-refractivity contribution >= 4 is 52.2 Å². The molecule has 0 saturated carbocycles. The average molecular weight is 489 g/mol. The van der Waals surface area contributed by atoms with Gasteiger partial charge in [0.25, 0.3) is 0 Å². The number of anilines is 1. The molecule has 0 bridgehead atoms.